The number of nitrogens with one attached hydrogen (secondary N) is 1. The molecule has 0 aliphatic carbocycles. The van der Waals surface area contributed by atoms with E-state index in [1.165, 1.54) is 25.7 Å². The largest absolute Gasteiger partial charge is 0.481 e. The first kappa shape index (κ1) is 27.6. The molecule has 166 valence electrons. The summed E-state index contributed by atoms with van der Waals surface area (Å²) in [5.74, 6) is -0.730. The maximum absolute atomic E-state index is 11.9. The van der Waals surface area contributed by atoms with E-state index in [2.05, 4.69) is 49.3 Å². The van der Waals surface area contributed by atoms with Crippen LogP contribution >= 0.6 is 25.3 Å². The average Bonchev–Trinajstić information content (AvgIpc) is 2.53. The molecule has 0 unspecified atom stereocenters. The molecule has 2 N–H and O–H groups in total. The number of carbonyl (C=O) groups excluding carboxylic acids is 1. The highest BCUT2D eigenvalue weighted by molar-refractivity contribution is 7.82. The third kappa shape index (κ3) is 17.7. The summed E-state index contributed by atoms with van der Waals surface area (Å²) in [5, 5.41) is 11.6. The molecule has 0 bridgehead atoms. The molecule has 0 saturated carbocycles. The van der Waals surface area contributed by atoms with Gasteiger partial charge in [0.25, 0.3) is 0 Å². The Morgan fingerprint density at radius 3 is 1.82 bits per heavy atom. The van der Waals surface area contributed by atoms with E-state index in [1.54, 1.807) is 13.8 Å². The fraction of sp³-hybridized carbons (Fsp3) is 0.905. The lowest BCUT2D eigenvalue weighted by Gasteiger charge is -2.30. The van der Waals surface area contributed by atoms with E-state index in [0.29, 0.717) is 13.0 Å². The lowest BCUT2D eigenvalue weighted by molar-refractivity contribution is -0.137. The summed E-state index contributed by atoms with van der Waals surface area (Å²) in [7, 11) is 0. The summed E-state index contributed by atoms with van der Waals surface area (Å²) in [6, 6.07) is 0. The number of rotatable bonds is 17. The first-order valence-electron chi connectivity index (χ1n) is 10.6. The van der Waals surface area contributed by atoms with Crippen molar-refractivity contribution >= 4 is 37.1 Å². The summed E-state index contributed by atoms with van der Waals surface area (Å²) in [6.07, 6.45) is 9.23. The van der Waals surface area contributed by atoms with Crippen molar-refractivity contribution in [3.63, 3.8) is 0 Å². The molecule has 0 atom stereocenters. The van der Waals surface area contributed by atoms with Crippen molar-refractivity contribution in [1.29, 1.82) is 0 Å². The van der Waals surface area contributed by atoms with Crippen molar-refractivity contribution in [1.82, 2.24) is 10.2 Å². The highest BCUT2D eigenvalue weighted by atomic mass is 32.1. The van der Waals surface area contributed by atoms with Crippen LogP contribution in [-0.4, -0.2) is 57.6 Å². The van der Waals surface area contributed by atoms with Gasteiger partial charge in [0.05, 0.1) is 4.75 Å². The molecule has 0 saturated heterocycles. The van der Waals surface area contributed by atoms with Gasteiger partial charge in [0.1, 0.15) is 0 Å². The SMILES string of the molecule is CC(C)(S)CN(CCCCCCCCCCC(=O)O)CCNC(=O)C(C)(C)S. The van der Waals surface area contributed by atoms with Crippen LogP contribution in [0.3, 0.4) is 0 Å². The normalized spacial score (nSPS) is 12.4. The fourth-order valence-electron chi connectivity index (χ4n) is 3.03. The van der Waals surface area contributed by atoms with Crippen molar-refractivity contribution in [2.75, 3.05) is 26.2 Å². The number of aliphatic carboxylic acids is 1. The molecule has 0 aromatic carbocycles. The van der Waals surface area contributed by atoms with Crippen molar-refractivity contribution in [2.45, 2.75) is 95.0 Å². The maximum atomic E-state index is 11.9. The van der Waals surface area contributed by atoms with Gasteiger partial charge in [-0.2, -0.15) is 25.3 Å². The second kappa shape index (κ2) is 14.6. The molecular weight excluding hydrogens is 392 g/mol. The highest BCUT2D eigenvalue weighted by Crippen LogP contribution is 2.16. The van der Waals surface area contributed by atoms with Gasteiger partial charge >= 0.3 is 5.97 Å². The summed E-state index contributed by atoms with van der Waals surface area (Å²) in [6.45, 7) is 11.2. The molecule has 0 aromatic heterocycles. The number of nitrogens with zero attached hydrogens (tertiary/aromatic N) is 1. The van der Waals surface area contributed by atoms with Crippen LogP contribution in [0.15, 0.2) is 0 Å². The Balaban J connectivity index is 3.94. The van der Waals surface area contributed by atoms with Gasteiger partial charge in [-0.15, -0.1) is 0 Å². The van der Waals surface area contributed by atoms with Gasteiger partial charge in [0.2, 0.25) is 5.91 Å². The van der Waals surface area contributed by atoms with E-state index in [0.717, 1.165) is 45.3 Å². The first-order chi connectivity index (χ1) is 12.9. The average molecular weight is 435 g/mol. The van der Waals surface area contributed by atoms with Crippen LogP contribution in [0.1, 0.15) is 85.5 Å². The van der Waals surface area contributed by atoms with E-state index in [9.17, 15) is 9.59 Å². The second-order valence-corrected chi connectivity index (χ2v) is 11.2. The van der Waals surface area contributed by atoms with Crippen LogP contribution in [0.5, 0.6) is 0 Å². The number of hydrogen-bond acceptors (Lipinski definition) is 5. The van der Waals surface area contributed by atoms with Crippen LogP contribution in [0, 0.1) is 0 Å². The van der Waals surface area contributed by atoms with Crippen molar-refractivity contribution in [3.8, 4) is 0 Å². The number of amides is 1. The predicted molar refractivity (Wildman–Crippen MR) is 125 cm³/mol. The summed E-state index contributed by atoms with van der Waals surface area (Å²) in [4.78, 5) is 24.8. The monoisotopic (exact) mass is 434 g/mol. The predicted octanol–water partition coefficient (Wildman–Crippen LogP) is 4.42. The van der Waals surface area contributed by atoms with Crippen LogP contribution in [0.2, 0.25) is 0 Å². The number of carbonyl (C=O) groups is 2. The molecule has 0 radical (unpaired) electrons. The Labute approximate surface area is 183 Å². The molecule has 0 spiro atoms. The fourth-order valence-corrected chi connectivity index (χ4v) is 3.31. The van der Waals surface area contributed by atoms with E-state index >= 15 is 0 Å². The Bertz CT molecular complexity index is 446. The van der Waals surface area contributed by atoms with Gasteiger partial charge in [-0.25, -0.2) is 0 Å². The lowest BCUT2D eigenvalue weighted by atomic mass is 10.1. The zero-order chi connectivity index (χ0) is 21.6. The maximum Gasteiger partial charge on any atom is 0.303 e. The molecule has 0 heterocycles. The first-order valence-corrected chi connectivity index (χ1v) is 11.5. The minimum atomic E-state index is -0.692. The van der Waals surface area contributed by atoms with E-state index < -0.39 is 10.7 Å². The van der Waals surface area contributed by atoms with E-state index in [-0.39, 0.29) is 10.7 Å². The molecule has 7 heteroatoms. The molecular formula is C21H42N2O3S2. The minimum Gasteiger partial charge on any atom is -0.481 e. The van der Waals surface area contributed by atoms with E-state index in [4.69, 9.17) is 5.11 Å². The van der Waals surface area contributed by atoms with Crippen LogP contribution in [-0.2, 0) is 9.59 Å². The molecule has 5 nitrogen and oxygen atoms in total. The van der Waals surface area contributed by atoms with Gasteiger partial charge < -0.3 is 15.3 Å². The number of carboxylic acids is 1. The number of hydrogen-bond donors (Lipinski definition) is 4. The van der Waals surface area contributed by atoms with Crippen molar-refractivity contribution < 1.29 is 14.7 Å². The lowest BCUT2D eigenvalue weighted by Crippen LogP contribution is -2.44. The van der Waals surface area contributed by atoms with Gasteiger partial charge in [-0.05, 0) is 47.1 Å². The molecule has 1 amide bonds. The van der Waals surface area contributed by atoms with Crippen LogP contribution in [0.4, 0.5) is 0 Å². The van der Waals surface area contributed by atoms with Crippen molar-refractivity contribution in [2.24, 2.45) is 0 Å². The summed E-state index contributed by atoms with van der Waals surface area (Å²) >= 11 is 8.96. The quantitative estimate of drug-likeness (QED) is 0.202. The van der Waals surface area contributed by atoms with Crippen molar-refractivity contribution in [3.05, 3.63) is 0 Å². The highest BCUT2D eigenvalue weighted by Gasteiger charge is 2.22. The van der Waals surface area contributed by atoms with Gasteiger partial charge in [0, 0.05) is 30.8 Å². The third-order valence-corrected chi connectivity index (χ3v) is 4.84. The third-order valence-electron chi connectivity index (χ3n) is 4.49. The number of thiol groups is 2. The Hall–Kier alpha value is -0.400. The van der Waals surface area contributed by atoms with Gasteiger partial charge in [-0.3, -0.25) is 9.59 Å². The van der Waals surface area contributed by atoms with Gasteiger partial charge in [-0.1, -0.05) is 38.5 Å². The second-order valence-electron chi connectivity index (χ2n) is 8.88. The number of unbranched alkanes of at least 4 members (excludes halogenated alkanes) is 7. The van der Waals surface area contributed by atoms with E-state index in [1.807, 2.05) is 0 Å². The molecule has 0 aromatic rings. The van der Waals surface area contributed by atoms with Crippen LogP contribution < -0.4 is 5.32 Å². The summed E-state index contributed by atoms with van der Waals surface area (Å²) < 4.78 is -0.718. The van der Waals surface area contributed by atoms with Gasteiger partial charge in [0.15, 0.2) is 0 Å². The zero-order valence-corrected chi connectivity index (χ0v) is 20.1. The molecule has 28 heavy (non-hydrogen) atoms. The van der Waals surface area contributed by atoms with Crippen LogP contribution in [0.25, 0.3) is 0 Å². The molecule has 0 rings (SSSR count). The molecule has 0 fully saturated rings. The Morgan fingerprint density at radius 1 is 0.857 bits per heavy atom. The number of carboxylic acid groups (broad SMARTS) is 1. The minimum absolute atomic E-state index is 0.0377. The zero-order valence-electron chi connectivity index (χ0n) is 18.3. The topological polar surface area (TPSA) is 69.6 Å². The molecule has 0 aliphatic rings. The Kier molecular flexibility index (Phi) is 14.4. The molecule has 0 aliphatic heterocycles. The Morgan fingerprint density at radius 2 is 1.36 bits per heavy atom. The standard InChI is InChI=1S/C21H42N2O3S2/c1-20(2,27)17-23(16-14-22-19(26)21(3,4)28)15-12-10-8-6-5-7-9-11-13-18(24)25/h27-28H,5-17H2,1-4H3,(H,22,26)(H,24,25). The smallest absolute Gasteiger partial charge is 0.303 e. The summed E-state index contributed by atoms with van der Waals surface area (Å²) in [5.41, 5.74) is 0.